The number of carbonyl (C=O) groups is 1. The Bertz CT molecular complexity index is 1010. The minimum atomic E-state index is -0.582. The fourth-order valence-electron chi connectivity index (χ4n) is 3.59. The van der Waals surface area contributed by atoms with E-state index in [2.05, 4.69) is 11.8 Å². The van der Waals surface area contributed by atoms with Crippen molar-refractivity contribution in [2.45, 2.75) is 32.9 Å². The first-order valence-corrected chi connectivity index (χ1v) is 10.3. The molecule has 1 unspecified atom stereocenters. The van der Waals surface area contributed by atoms with E-state index in [0.717, 1.165) is 53.0 Å². The third-order valence-electron chi connectivity index (χ3n) is 5.61. The van der Waals surface area contributed by atoms with Crippen LogP contribution in [0.15, 0.2) is 24.3 Å². The molecule has 1 atom stereocenters. The predicted octanol–water partition coefficient (Wildman–Crippen LogP) is 3.48. The number of rotatable bonds is 5. The van der Waals surface area contributed by atoms with E-state index < -0.39 is 6.23 Å². The number of hydrogen-bond acceptors (Lipinski definition) is 7. The van der Waals surface area contributed by atoms with E-state index in [4.69, 9.17) is 32.2 Å². The van der Waals surface area contributed by atoms with Gasteiger partial charge in [0.15, 0.2) is 6.23 Å². The van der Waals surface area contributed by atoms with Gasteiger partial charge in [-0.2, -0.15) is 0 Å². The van der Waals surface area contributed by atoms with Crippen LogP contribution in [0.2, 0.25) is 5.02 Å². The molecule has 1 aliphatic heterocycles. The molecule has 0 radical (unpaired) electrons. The molecule has 4 rings (SSSR count). The van der Waals surface area contributed by atoms with Gasteiger partial charge in [-0.1, -0.05) is 48.1 Å². The van der Waals surface area contributed by atoms with Crippen LogP contribution in [0.3, 0.4) is 0 Å². The number of aryl methyl sites for hydroxylation is 1. The molecule has 9 heteroatoms. The molecule has 3 aromatic rings. The molecule has 0 saturated carbocycles. The number of imidazole rings is 1. The number of fused-ring (bicyclic) bond motifs is 1. The van der Waals surface area contributed by atoms with Crippen LogP contribution in [0.25, 0.3) is 16.2 Å². The normalized spacial score (nSPS) is 17.6. The van der Waals surface area contributed by atoms with Crippen molar-refractivity contribution >= 4 is 39.5 Å². The zero-order valence-electron chi connectivity index (χ0n) is 15.8. The van der Waals surface area contributed by atoms with E-state index in [9.17, 15) is 4.79 Å². The number of halogens is 1. The SMILES string of the molecule is Cc1c(-c2ccccc2Cl)nc2sc(N3CCC(C)(C(N)OC=O)CC3)nn12. The van der Waals surface area contributed by atoms with Crippen molar-refractivity contribution in [1.82, 2.24) is 14.6 Å². The Labute approximate surface area is 172 Å². The van der Waals surface area contributed by atoms with E-state index in [1.165, 1.54) is 0 Å². The first kappa shape index (κ1) is 19.2. The van der Waals surface area contributed by atoms with Crippen molar-refractivity contribution in [2.75, 3.05) is 18.0 Å². The summed E-state index contributed by atoms with van der Waals surface area (Å²) >= 11 is 7.90. The van der Waals surface area contributed by atoms with Crippen LogP contribution in [0, 0.1) is 12.3 Å². The average Bonchev–Trinajstić information content (AvgIpc) is 3.23. The van der Waals surface area contributed by atoms with Crippen molar-refractivity contribution in [1.29, 1.82) is 0 Å². The summed E-state index contributed by atoms with van der Waals surface area (Å²) < 4.78 is 6.86. The lowest BCUT2D eigenvalue weighted by molar-refractivity contribution is -0.140. The molecule has 2 N–H and O–H groups in total. The van der Waals surface area contributed by atoms with Crippen LogP contribution < -0.4 is 10.6 Å². The minimum Gasteiger partial charge on any atom is -0.448 e. The van der Waals surface area contributed by atoms with E-state index in [-0.39, 0.29) is 5.41 Å². The molecule has 1 saturated heterocycles. The second kappa shape index (κ2) is 7.35. The van der Waals surface area contributed by atoms with Gasteiger partial charge in [0.25, 0.3) is 6.47 Å². The Morgan fingerprint density at radius 3 is 2.71 bits per heavy atom. The third-order valence-corrected chi connectivity index (χ3v) is 6.91. The lowest BCUT2D eigenvalue weighted by Crippen LogP contribution is -2.49. The Morgan fingerprint density at radius 2 is 2.07 bits per heavy atom. The largest absolute Gasteiger partial charge is 0.448 e. The van der Waals surface area contributed by atoms with Crippen molar-refractivity contribution < 1.29 is 9.53 Å². The number of hydrogen-bond donors (Lipinski definition) is 1. The van der Waals surface area contributed by atoms with Crippen LogP contribution in [0.4, 0.5) is 5.13 Å². The van der Waals surface area contributed by atoms with Crippen molar-refractivity contribution in [3.63, 3.8) is 0 Å². The molecular formula is C19H22ClN5O2S. The summed E-state index contributed by atoms with van der Waals surface area (Å²) in [6, 6.07) is 7.70. The molecule has 1 fully saturated rings. The summed E-state index contributed by atoms with van der Waals surface area (Å²) in [7, 11) is 0. The fraction of sp³-hybridized carbons (Fsp3) is 0.421. The summed E-state index contributed by atoms with van der Waals surface area (Å²) in [5.41, 5.74) is 8.54. The number of nitrogens with two attached hydrogens (primary N) is 1. The number of carbonyl (C=O) groups excluding carboxylic acids is 1. The molecule has 7 nitrogen and oxygen atoms in total. The van der Waals surface area contributed by atoms with Crippen LogP contribution in [0.5, 0.6) is 0 Å². The van der Waals surface area contributed by atoms with Crippen LogP contribution in [-0.4, -0.2) is 40.4 Å². The second-order valence-electron chi connectivity index (χ2n) is 7.40. The molecule has 0 aliphatic carbocycles. The maximum atomic E-state index is 10.6. The van der Waals surface area contributed by atoms with E-state index in [1.807, 2.05) is 35.7 Å². The van der Waals surface area contributed by atoms with Gasteiger partial charge in [0.05, 0.1) is 16.4 Å². The zero-order valence-corrected chi connectivity index (χ0v) is 17.3. The molecule has 0 bridgehead atoms. The molecule has 148 valence electrons. The Balaban J connectivity index is 1.56. The molecule has 1 aromatic carbocycles. The van der Waals surface area contributed by atoms with Gasteiger partial charge in [0, 0.05) is 24.1 Å². The maximum absolute atomic E-state index is 10.6. The highest BCUT2D eigenvalue weighted by atomic mass is 35.5. The van der Waals surface area contributed by atoms with E-state index in [0.29, 0.717) is 11.5 Å². The first-order chi connectivity index (χ1) is 13.4. The highest BCUT2D eigenvalue weighted by Crippen LogP contribution is 2.38. The molecule has 2 aromatic heterocycles. The van der Waals surface area contributed by atoms with Crippen LogP contribution in [-0.2, 0) is 9.53 Å². The smallest absolute Gasteiger partial charge is 0.294 e. The van der Waals surface area contributed by atoms with E-state index >= 15 is 0 Å². The maximum Gasteiger partial charge on any atom is 0.294 e. The minimum absolute atomic E-state index is 0.220. The third kappa shape index (κ3) is 3.25. The van der Waals surface area contributed by atoms with Crippen LogP contribution >= 0.6 is 22.9 Å². The molecular weight excluding hydrogens is 398 g/mol. The number of anilines is 1. The van der Waals surface area contributed by atoms with Gasteiger partial charge in [0.1, 0.15) is 0 Å². The Morgan fingerprint density at radius 1 is 1.36 bits per heavy atom. The monoisotopic (exact) mass is 419 g/mol. The topological polar surface area (TPSA) is 85.8 Å². The molecule has 0 spiro atoms. The van der Waals surface area contributed by atoms with Gasteiger partial charge < -0.3 is 9.64 Å². The summed E-state index contributed by atoms with van der Waals surface area (Å²) in [4.78, 5) is 18.5. The lowest BCUT2D eigenvalue weighted by atomic mass is 9.79. The molecule has 3 heterocycles. The number of nitrogens with zero attached hydrogens (tertiary/aromatic N) is 4. The molecule has 0 amide bonds. The molecule has 1 aliphatic rings. The van der Waals surface area contributed by atoms with Gasteiger partial charge in [-0.15, -0.1) is 5.10 Å². The highest BCUT2D eigenvalue weighted by molar-refractivity contribution is 7.20. The Kier molecular flexibility index (Phi) is 5.03. The Hall–Kier alpha value is -2.16. The quantitative estimate of drug-likeness (QED) is 0.503. The average molecular weight is 420 g/mol. The van der Waals surface area contributed by atoms with Gasteiger partial charge in [-0.05, 0) is 25.8 Å². The highest BCUT2D eigenvalue weighted by Gasteiger charge is 2.37. The van der Waals surface area contributed by atoms with Crippen molar-refractivity contribution in [3.8, 4) is 11.3 Å². The number of benzene rings is 1. The predicted molar refractivity (Wildman–Crippen MR) is 111 cm³/mol. The zero-order chi connectivity index (χ0) is 19.9. The lowest BCUT2D eigenvalue weighted by Gasteiger charge is -2.41. The standard InChI is InChI=1S/C19H22ClN5O2S/c1-12-15(13-5-3-4-6-14(13)20)22-17-25(12)23-18(28-17)24-9-7-19(2,8-10-24)16(21)27-11-26/h3-6,11,16H,7-10,21H2,1-2H3. The molecule has 28 heavy (non-hydrogen) atoms. The van der Waals surface area contributed by atoms with Gasteiger partial charge in [-0.3, -0.25) is 10.5 Å². The second-order valence-corrected chi connectivity index (χ2v) is 8.74. The number of aromatic nitrogens is 3. The summed E-state index contributed by atoms with van der Waals surface area (Å²) in [6.07, 6.45) is 1.07. The van der Waals surface area contributed by atoms with Crippen LogP contribution in [0.1, 0.15) is 25.5 Å². The van der Waals surface area contributed by atoms with Crippen molar-refractivity contribution in [3.05, 3.63) is 35.0 Å². The first-order valence-electron chi connectivity index (χ1n) is 9.13. The summed E-state index contributed by atoms with van der Waals surface area (Å²) in [5.74, 6) is 0. The van der Waals surface area contributed by atoms with Gasteiger partial charge >= 0.3 is 0 Å². The number of ether oxygens (including phenoxy) is 1. The van der Waals surface area contributed by atoms with E-state index in [1.54, 1.807) is 11.3 Å². The summed E-state index contributed by atoms with van der Waals surface area (Å²) in [6.45, 7) is 6.11. The fourth-order valence-corrected chi connectivity index (χ4v) is 4.82. The summed E-state index contributed by atoms with van der Waals surface area (Å²) in [5, 5.41) is 6.39. The van der Waals surface area contributed by atoms with Gasteiger partial charge in [0.2, 0.25) is 10.1 Å². The van der Waals surface area contributed by atoms with Crippen molar-refractivity contribution in [2.24, 2.45) is 11.1 Å². The van der Waals surface area contributed by atoms with Gasteiger partial charge in [-0.25, -0.2) is 9.50 Å². The number of piperidine rings is 1.